The summed E-state index contributed by atoms with van der Waals surface area (Å²) in [6.45, 7) is 3.11. The van der Waals surface area contributed by atoms with Crippen LogP contribution in [0.5, 0.6) is 0 Å². The van der Waals surface area contributed by atoms with Gasteiger partial charge >= 0.3 is 0 Å². The smallest absolute Gasteiger partial charge is 0.233 e. The van der Waals surface area contributed by atoms with Gasteiger partial charge in [-0.3, -0.25) is 0 Å². The second-order valence-corrected chi connectivity index (χ2v) is 5.52. The van der Waals surface area contributed by atoms with E-state index in [4.69, 9.17) is 9.47 Å². The second kappa shape index (κ2) is 5.41. The molecular formula is C16H19N3O2. The molecule has 0 aliphatic carbocycles. The van der Waals surface area contributed by atoms with Crippen molar-refractivity contribution in [3.63, 3.8) is 0 Å². The number of anilines is 1. The molecule has 1 saturated heterocycles. The van der Waals surface area contributed by atoms with Crippen molar-refractivity contribution in [2.45, 2.75) is 18.9 Å². The van der Waals surface area contributed by atoms with Crippen molar-refractivity contribution in [1.29, 1.82) is 0 Å². The topological polar surface area (TPSA) is 58.6 Å². The highest BCUT2D eigenvalue weighted by Gasteiger charge is 2.17. The minimum absolute atomic E-state index is 0.483. The van der Waals surface area contributed by atoms with E-state index >= 15 is 0 Å². The third-order valence-corrected chi connectivity index (χ3v) is 4.05. The molecule has 5 heteroatoms. The number of hydrogen-bond donors (Lipinski definition) is 2. The summed E-state index contributed by atoms with van der Waals surface area (Å²) < 4.78 is 11.0. The van der Waals surface area contributed by atoms with E-state index < -0.39 is 0 Å². The lowest BCUT2D eigenvalue weighted by molar-refractivity contribution is 0.0905. The summed E-state index contributed by atoms with van der Waals surface area (Å²) in [6, 6.07) is 8.90. The number of ether oxygens (including phenoxy) is 2. The largest absolute Gasteiger partial charge is 0.474 e. The van der Waals surface area contributed by atoms with Gasteiger partial charge in [-0.25, -0.2) is 4.99 Å². The lowest BCUT2D eigenvalue weighted by Gasteiger charge is -2.24. The predicted molar refractivity (Wildman–Crippen MR) is 83.1 cm³/mol. The SMILES string of the molecule is c1cc(NC2CCOCC2)c2[nH]c(C3=NCCO3)cc2c1. The standard InChI is InChI=1S/C16H19N3O2/c1-2-11-10-14(16-17-6-9-21-16)19-15(11)13(3-1)18-12-4-7-20-8-5-12/h1-3,10,12,18-19H,4-9H2. The molecule has 21 heavy (non-hydrogen) atoms. The zero-order chi connectivity index (χ0) is 14.1. The summed E-state index contributed by atoms with van der Waals surface area (Å²) in [7, 11) is 0. The Bertz CT molecular complexity index is 671. The van der Waals surface area contributed by atoms with Crippen LogP contribution in [0, 0.1) is 0 Å². The van der Waals surface area contributed by atoms with Crippen molar-refractivity contribution in [3.05, 3.63) is 30.0 Å². The molecule has 1 aromatic heterocycles. The van der Waals surface area contributed by atoms with E-state index in [1.54, 1.807) is 0 Å². The molecule has 0 unspecified atom stereocenters. The Morgan fingerprint density at radius 2 is 2.10 bits per heavy atom. The van der Waals surface area contributed by atoms with Crippen LogP contribution in [0.4, 0.5) is 5.69 Å². The van der Waals surface area contributed by atoms with Crippen molar-refractivity contribution in [1.82, 2.24) is 4.98 Å². The number of aromatic amines is 1. The molecule has 1 fully saturated rings. The molecular weight excluding hydrogens is 266 g/mol. The number of benzene rings is 1. The number of fused-ring (bicyclic) bond motifs is 1. The Kier molecular flexibility index (Phi) is 3.27. The van der Waals surface area contributed by atoms with Gasteiger partial charge in [0.25, 0.3) is 0 Å². The molecule has 110 valence electrons. The lowest BCUT2D eigenvalue weighted by Crippen LogP contribution is -2.27. The first-order chi connectivity index (χ1) is 10.4. The van der Waals surface area contributed by atoms with Gasteiger partial charge < -0.3 is 19.8 Å². The fraction of sp³-hybridized carbons (Fsp3) is 0.438. The van der Waals surface area contributed by atoms with Gasteiger partial charge in [-0.05, 0) is 25.0 Å². The van der Waals surface area contributed by atoms with Crippen LogP contribution in [0.1, 0.15) is 18.5 Å². The van der Waals surface area contributed by atoms with E-state index in [0.29, 0.717) is 12.6 Å². The first-order valence-electron chi connectivity index (χ1n) is 7.54. The number of aliphatic imine (C=N–C) groups is 1. The molecule has 1 aromatic carbocycles. The summed E-state index contributed by atoms with van der Waals surface area (Å²) >= 11 is 0. The molecule has 2 aromatic rings. The zero-order valence-corrected chi connectivity index (χ0v) is 11.9. The average Bonchev–Trinajstić information content (AvgIpc) is 3.18. The van der Waals surface area contributed by atoms with Crippen molar-refractivity contribution in [3.8, 4) is 0 Å². The number of nitrogens with zero attached hydrogens (tertiary/aromatic N) is 1. The minimum Gasteiger partial charge on any atom is -0.474 e. The Hall–Kier alpha value is -2.01. The molecule has 3 heterocycles. The van der Waals surface area contributed by atoms with Gasteiger partial charge in [-0.15, -0.1) is 0 Å². The molecule has 4 rings (SSSR count). The number of rotatable bonds is 3. The molecule has 0 spiro atoms. The molecule has 2 aliphatic heterocycles. The quantitative estimate of drug-likeness (QED) is 0.911. The number of nitrogens with one attached hydrogen (secondary N) is 2. The van der Waals surface area contributed by atoms with Crippen LogP contribution in [0.25, 0.3) is 10.9 Å². The first kappa shape index (κ1) is 12.7. The number of H-pyrrole nitrogens is 1. The molecule has 0 atom stereocenters. The monoisotopic (exact) mass is 285 g/mol. The highest BCUT2D eigenvalue weighted by atomic mass is 16.5. The minimum atomic E-state index is 0.483. The van der Waals surface area contributed by atoms with Gasteiger partial charge in [-0.2, -0.15) is 0 Å². The normalized spacial score (nSPS) is 19.5. The number of aromatic nitrogens is 1. The highest BCUT2D eigenvalue weighted by Crippen LogP contribution is 2.26. The van der Waals surface area contributed by atoms with Crippen molar-refractivity contribution in [2.24, 2.45) is 4.99 Å². The third kappa shape index (κ3) is 2.49. The molecule has 0 radical (unpaired) electrons. The summed E-state index contributed by atoms with van der Waals surface area (Å²) in [6.07, 6.45) is 2.11. The number of hydrogen-bond acceptors (Lipinski definition) is 4. The molecule has 0 amide bonds. The summed E-state index contributed by atoms with van der Waals surface area (Å²) in [5.74, 6) is 0.725. The molecule has 5 nitrogen and oxygen atoms in total. The Morgan fingerprint density at radius 1 is 1.19 bits per heavy atom. The molecule has 2 N–H and O–H groups in total. The maximum Gasteiger partial charge on any atom is 0.233 e. The average molecular weight is 285 g/mol. The highest BCUT2D eigenvalue weighted by molar-refractivity contribution is 6.01. The van der Waals surface area contributed by atoms with Crippen molar-refractivity contribution < 1.29 is 9.47 Å². The fourth-order valence-corrected chi connectivity index (χ4v) is 2.95. The first-order valence-corrected chi connectivity index (χ1v) is 7.54. The van der Waals surface area contributed by atoms with E-state index in [9.17, 15) is 0 Å². The van der Waals surface area contributed by atoms with Crippen LogP contribution in [0.2, 0.25) is 0 Å². The number of para-hydroxylation sites is 1. The van der Waals surface area contributed by atoms with E-state index in [-0.39, 0.29) is 0 Å². The summed E-state index contributed by atoms with van der Waals surface area (Å²) in [5, 5.41) is 4.82. The summed E-state index contributed by atoms with van der Waals surface area (Å²) in [4.78, 5) is 7.82. The van der Waals surface area contributed by atoms with Crippen LogP contribution in [-0.2, 0) is 9.47 Å². The third-order valence-electron chi connectivity index (χ3n) is 4.05. The summed E-state index contributed by atoms with van der Waals surface area (Å²) in [5.41, 5.74) is 3.23. The molecule has 0 saturated carbocycles. The molecule has 0 bridgehead atoms. The van der Waals surface area contributed by atoms with Crippen LogP contribution in [-0.4, -0.2) is 43.3 Å². The van der Waals surface area contributed by atoms with Crippen molar-refractivity contribution >= 4 is 22.5 Å². The van der Waals surface area contributed by atoms with Gasteiger partial charge in [0, 0.05) is 24.6 Å². The maximum atomic E-state index is 5.54. The maximum absolute atomic E-state index is 5.54. The van der Waals surface area contributed by atoms with E-state index in [1.165, 1.54) is 5.39 Å². The van der Waals surface area contributed by atoms with Crippen LogP contribution >= 0.6 is 0 Å². The Labute approximate surface area is 123 Å². The van der Waals surface area contributed by atoms with E-state index in [0.717, 1.165) is 55.4 Å². The van der Waals surface area contributed by atoms with Crippen molar-refractivity contribution in [2.75, 3.05) is 31.7 Å². The molecule has 2 aliphatic rings. The van der Waals surface area contributed by atoms with Gasteiger partial charge in [-0.1, -0.05) is 12.1 Å². The Morgan fingerprint density at radius 3 is 2.90 bits per heavy atom. The van der Waals surface area contributed by atoms with Gasteiger partial charge in [0.2, 0.25) is 5.90 Å². The lowest BCUT2D eigenvalue weighted by atomic mass is 10.1. The Balaban J connectivity index is 1.65. The zero-order valence-electron chi connectivity index (χ0n) is 11.9. The van der Waals surface area contributed by atoms with Crippen LogP contribution in [0.3, 0.4) is 0 Å². The van der Waals surface area contributed by atoms with E-state index in [2.05, 4.69) is 39.6 Å². The van der Waals surface area contributed by atoms with Gasteiger partial charge in [0.15, 0.2) is 0 Å². The predicted octanol–water partition coefficient (Wildman–Crippen LogP) is 2.54. The van der Waals surface area contributed by atoms with E-state index in [1.807, 2.05) is 0 Å². The second-order valence-electron chi connectivity index (χ2n) is 5.52. The van der Waals surface area contributed by atoms with Gasteiger partial charge in [0.05, 0.1) is 17.7 Å². The van der Waals surface area contributed by atoms with Crippen LogP contribution < -0.4 is 5.32 Å². The fourth-order valence-electron chi connectivity index (χ4n) is 2.95. The van der Waals surface area contributed by atoms with Crippen LogP contribution in [0.15, 0.2) is 29.3 Å². The van der Waals surface area contributed by atoms with Gasteiger partial charge in [0.1, 0.15) is 12.3 Å².